The number of rotatable bonds is 1. The van der Waals surface area contributed by atoms with Crippen LogP contribution in [0.5, 0.6) is 0 Å². The number of H-pyrrole nitrogens is 1. The summed E-state index contributed by atoms with van der Waals surface area (Å²) < 4.78 is 4.43. The van der Waals surface area contributed by atoms with Gasteiger partial charge >= 0.3 is 6.09 Å². The van der Waals surface area contributed by atoms with E-state index in [0.717, 1.165) is 0 Å². The number of nitrogens with one attached hydrogen (secondary N) is 2. The Morgan fingerprint density at radius 1 is 1.39 bits per heavy atom. The maximum atomic E-state index is 11.0. The van der Waals surface area contributed by atoms with Gasteiger partial charge < -0.3 is 9.72 Å². The van der Waals surface area contributed by atoms with Gasteiger partial charge in [0, 0.05) is 0 Å². The molecule has 2 N–H and O–H groups in total. The molecule has 0 bridgehead atoms. The highest BCUT2D eigenvalue weighted by Crippen LogP contribution is 2.19. The Morgan fingerprint density at radius 2 is 2.06 bits per heavy atom. The van der Waals surface area contributed by atoms with Gasteiger partial charge in [-0.25, -0.2) is 9.78 Å². The van der Waals surface area contributed by atoms with E-state index in [1.54, 1.807) is 0 Å². The van der Waals surface area contributed by atoms with E-state index in [1.807, 2.05) is 12.1 Å². The highest BCUT2D eigenvalue weighted by molar-refractivity contribution is 5.87. The normalized spacial score (nSPS) is 9.50. The zero-order valence-electron chi connectivity index (χ0n) is 9.31. The summed E-state index contributed by atoms with van der Waals surface area (Å²) in [5, 5.41) is 20.1. The number of methoxy groups -OCH3 is 1. The van der Waals surface area contributed by atoms with Gasteiger partial charge in [0.1, 0.15) is 12.1 Å². The minimum Gasteiger partial charge on any atom is -0.453 e. The van der Waals surface area contributed by atoms with Crippen molar-refractivity contribution < 1.29 is 9.53 Å². The molecule has 7 nitrogen and oxygen atoms in total. The maximum absolute atomic E-state index is 11.0. The Balaban J connectivity index is 2.50. The number of nitriles is 2. The van der Waals surface area contributed by atoms with Crippen LogP contribution in [0.25, 0.3) is 11.0 Å². The van der Waals surface area contributed by atoms with Gasteiger partial charge in [-0.2, -0.15) is 10.5 Å². The first kappa shape index (κ1) is 11.4. The average Bonchev–Trinajstić information content (AvgIpc) is 2.77. The summed E-state index contributed by atoms with van der Waals surface area (Å²) >= 11 is 0. The van der Waals surface area contributed by atoms with Crippen molar-refractivity contribution in [3.8, 4) is 12.1 Å². The number of aromatic nitrogens is 2. The molecule has 0 spiro atoms. The first-order valence-corrected chi connectivity index (χ1v) is 4.87. The Kier molecular flexibility index (Phi) is 2.82. The number of anilines is 1. The van der Waals surface area contributed by atoms with Crippen molar-refractivity contribution in [2.24, 2.45) is 0 Å². The molecule has 0 saturated heterocycles. The van der Waals surface area contributed by atoms with Crippen LogP contribution in [0.2, 0.25) is 0 Å². The van der Waals surface area contributed by atoms with Crippen LogP contribution in [-0.2, 0) is 4.74 Å². The molecular weight excluding hydrogens is 234 g/mol. The fraction of sp³-hybridized carbons (Fsp3) is 0.0909. The second-order valence-electron chi connectivity index (χ2n) is 3.34. The van der Waals surface area contributed by atoms with E-state index < -0.39 is 6.09 Å². The van der Waals surface area contributed by atoms with Gasteiger partial charge in [0.2, 0.25) is 5.95 Å². The third kappa shape index (κ3) is 1.93. The van der Waals surface area contributed by atoms with Gasteiger partial charge in [0.15, 0.2) is 0 Å². The molecule has 0 radical (unpaired) electrons. The lowest BCUT2D eigenvalue weighted by atomic mass is 10.1. The molecule has 0 unspecified atom stereocenters. The first-order valence-electron chi connectivity index (χ1n) is 4.87. The molecule has 7 heteroatoms. The molecule has 1 aromatic heterocycles. The minimum absolute atomic E-state index is 0.191. The Hall–Kier alpha value is -3.06. The van der Waals surface area contributed by atoms with E-state index >= 15 is 0 Å². The summed E-state index contributed by atoms with van der Waals surface area (Å²) in [6.07, 6.45) is -0.657. The lowest BCUT2D eigenvalue weighted by Gasteiger charge is -1.96. The van der Waals surface area contributed by atoms with Gasteiger partial charge in [-0.05, 0) is 12.1 Å². The van der Waals surface area contributed by atoms with Crippen molar-refractivity contribution in [2.75, 3.05) is 12.4 Å². The smallest absolute Gasteiger partial charge is 0.413 e. The standard InChI is InChI=1S/C11H7N5O2/c1-18-11(17)16-10-14-8-2-6(4-12)7(5-13)3-9(8)15-10/h2-3H,1H3,(H2,14,15,16,17). The van der Waals surface area contributed by atoms with Crippen LogP contribution >= 0.6 is 0 Å². The highest BCUT2D eigenvalue weighted by Gasteiger charge is 2.10. The predicted octanol–water partition coefficient (Wildman–Crippen LogP) is 1.48. The third-order valence-electron chi connectivity index (χ3n) is 2.27. The molecule has 0 aliphatic heterocycles. The summed E-state index contributed by atoms with van der Waals surface area (Å²) in [4.78, 5) is 17.9. The second kappa shape index (κ2) is 4.44. The van der Waals surface area contributed by atoms with E-state index in [2.05, 4.69) is 20.0 Å². The monoisotopic (exact) mass is 241 g/mol. The number of carbonyl (C=O) groups is 1. The largest absolute Gasteiger partial charge is 0.453 e. The number of benzene rings is 1. The number of amides is 1. The van der Waals surface area contributed by atoms with E-state index in [4.69, 9.17) is 10.5 Å². The minimum atomic E-state index is -0.657. The average molecular weight is 241 g/mol. The van der Waals surface area contributed by atoms with Gasteiger partial charge in [-0.15, -0.1) is 0 Å². The van der Waals surface area contributed by atoms with E-state index in [-0.39, 0.29) is 17.1 Å². The number of hydrogen-bond donors (Lipinski definition) is 2. The lowest BCUT2D eigenvalue weighted by Crippen LogP contribution is -2.11. The zero-order valence-corrected chi connectivity index (χ0v) is 9.31. The third-order valence-corrected chi connectivity index (χ3v) is 2.27. The molecule has 0 fully saturated rings. The van der Waals surface area contributed by atoms with Crippen LogP contribution in [0.4, 0.5) is 10.7 Å². The number of ether oxygens (including phenoxy) is 1. The van der Waals surface area contributed by atoms with Crippen molar-refractivity contribution in [1.29, 1.82) is 10.5 Å². The quantitative estimate of drug-likeness (QED) is 0.784. The molecule has 18 heavy (non-hydrogen) atoms. The summed E-state index contributed by atoms with van der Waals surface area (Å²) in [6.45, 7) is 0. The van der Waals surface area contributed by atoms with Crippen LogP contribution in [0.15, 0.2) is 12.1 Å². The van der Waals surface area contributed by atoms with Gasteiger partial charge in [-0.1, -0.05) is 0 Å². The van der Waals surface area contributed by atoms with Crippen molar-refractivity contribution in [1.82, 2.24) is 9.97 Å². The SMILES string of the molecule is COC(=O)Nc1nc2cc(C#N)c(C#N)cc2[nH]1. The summed E-state index contributed by atoms with van der Waals surface area (Å²) in [5.74, 6) is 0.191. The van der Waals surface area contributed by atoms with Crippen LogP contribution in [0, 0.1) is 22.7 Å². The number of imidazole rings is 1. The van der Waals surface area contributed by atoms with E-state index in [0.29, 0.717) is 11.0 Å². The van der Waals surface area contributed by atoms with Gasteiger partial charge in [-0.3, -0.25) is 5.32 Å². The van der Waals surface area contributed by atoms with Crippen molar-refractivity contribution in [2.45, 2.75) is 0 Å². The summed E-state index contributed by atoms with van der Waals surface area (Å²) in [5.41, 5.74) is 1.52. The van der Waals surface area contributed by atoms with E-state index in [1.165, 1.54) is 19.2 Å². The molecule has 1 aromatic carbocycles. The van der Waals surface area contributed by atoms with Crippen LogP contribution in [0.3, 0.4) is 0 Å². The topological polar surface area (TPSA) is 115 Å². The second-order valence-corrected chi connectivity index (χ2v) is 3.34. The summed E-state index contributed by atoms with van der Waals surface area (Å²) in [6, 6.07) is 6.81. The van der Waals surface area contributed by atoms with Gasteiger partial charge in [0.05, 0.1) is 29.3 Å². The predicted molar refractivity (Wildman–Crippen MR) is 61.6 cm³/mol. The first-order chi connectivity index (χ1) is 8.67. The molecule has 2 rings (SSSR count). The zero-order chi connectivity index (χ0) is 13.1. The van der Waals surface area contributed by atoms with Gasteiger partial charge in [0.25, 0.3) is 0 Å². The number of aromatic amines is 1. The number of carbonyl (C=O) groups excluding carboxylic acids is 1. The van der Waals surface area contributed by atoms with E-state index in [9.17, 15) is 4.79 Å². The highest BCUT2D eigenvalue weighted by atomic mass is 16.5. The fourth-order valence-electron chi connectivity index (χ4n) is 1.45. The molecule has 0 saturated carbocycles. The Labute approximate surface area is 102 Å². The van der Waals surface area contributed by atoms with Crippen LogP contribution in [0.1, 0.15) is 11.1 Å². The van der Waals surface area contributed by atoms with Crippen molar-refractivity contribution in [3.63, 3.8) is 0 Å². The number of nitrogens with zero attached hydrogens (tertiary/aromatic N) is 3. The van der Waals surface area contributed by atoms with Crippen molar-refractivity contribution >= 4 is 23.1 Å². The Morgan fingerprint density at radius 3 is 2.67 bits per heavy atom. The van der Waals surface area contributed by atoms with Crippen LogP contribution < -0.4 is 5.32 Å². The summed E-state index contributed by atoms with van der Waals surface area (Å²) in [7, 11) is 1.24. The molecule has 0 atom stereocenters. The molecule has 0 aliphatic rings. The molecule has 2 aromatic rings. The Bertz CT molecular complexity index is 654. The molecule has 1 amide bonds. The maximum Gasteiger partial charge on any atom is 0.413 e. The lowest BCUT2D eigenvalue weighted by molar-refractivity contribution is 0.186. The molecule has 0 aliphatic carbocycles. The number of hydrogen-bond acceptors (Lipinski definition) is 5. The molecule has 1 heterocycles. The molecule has 88 valence electrons. The van der Waals surface area contributed by atoms with Crippen LogP contribution in [-0.4, -0.2) is 23.2 Å². The fourth-order valence-corrected chi connectivity index (χ4v) is 1.45. The van der Waals surface area contributed by atoms with Crippen molar-refractivity contribution in [3.05, 3.63) is 23.3 Å². The molecular formula is C11H7N5O2. The number of fused-ring (bicyclic) bond motifs is 1.